The Bertz CT molecular complexity index is 1100. The first-order valence-electron chi connectivity index (χ1n) is 8.71. The average molecular weight is 347 g/mol. The summed E-state index contributed by atoms with van der Waals surface area (Å²) in [6.45, 7) is 3.98. The predicted molar refractivity (Wildman–Crippen MR) is 103 cm³/mol. The molecule has 0 aromatic carbocycles. The molecular formula is C20H21N5O. The van der Waals surface area contributed by atoms with E-state index in [1.54, 1.807) is 6.20 Å². The van der Waals surface area contributed by atoms with E-state index in [0.717, 1.165) is 38.9 Å². The van der Waals surface area contributed by atoms with Crippen LogP contribution in [0.1, 0.15) is 30.7 Å². The van der Waals surface area contributed by atoms with Crippen LogP contribution in [0.2, 0.25) is 0 Å². The Balaban J connectivity index is 1.95. The number of aromatic nitrogens is 4. The minimum Gasteiger partial charge on any atom is -0.387 e. The Kier molecular flexibility index (Phi) is 4.05. The van der Waals surface area contributed by atoms with Crippen molar-refractivity contribution in [3.8, 4) is 11.3 Å². The Hall–Kier alpha value is -2.99. The molecule has 0 aliphatic carbocycles. The second-order valence-corrected chi connectivity index (χ2v) is 6.41. The summed E-state index contributed by atoms with van der Waals surface area (Å²) in [5.41, 5.74) is 4.72. The molecule has 0 saturated carbocycles. The van der Waals surface area contributed by atoms with Crippen molar-refractivity contribution < 1.29 is 5.11 Å². The molecule has 0 bridgehead atoms. The number of hydrogen-bond acceptors (Lipinski definition) is 5. The Morgan fingerprint density at radius 1 is 1.19 bits per heavy atom. The van der Waals surface area contributed by atoms with Gasteiger partial charge in [0.25, 0.3) is 0 Å². The molecule has 4 aromatic heterocycles. The number of anilines is 1. The van der Waals surface area contributed by atoms with E-state index in [0.29, 0.717) is 12.1 Å². The number of fused-ring (bicyclic) bond motifs is 3. The van der Waals surface area contributed by atoms with E-state index in [9.17, 15) is 5.11 Å². The number of hydrogen-bond donors (Lipinski definition) is 2. The number of aryl methyl sites for hydroxylation is 1. The van der Waals surface area contributed by atoms with Crippen molar-refractivity contribution in [1.29, 1.82) is 0 Å². The van der Waals surface area contributed by atoms with Gasteiger partial charge in [0.1, 0.15) is 5.82 Å². The third-order valence-corrected chi connectivity index (χ3v) is 4.77. The summed E-state index contributed by atoms with van der Waals surface area (Å²) in [7, 11) is 1.86. The molecule has 0 aliphatic rings. The summed E-state index contributed by atoms with van der Waals surface area (Å²) in [6, 6.07) is 8.07. The van der Waals surface area contributed by atoms with E-state index < -0.39 is 6.10 Å². The van der Waals surface area contributed by atoms with Crippen LogP contribution in [0, 0.1) is 6.92 Å². The monoisotopic (exact) mass is 347 g/mol. The number of aliphatic hydroxyl groups is 1. The molecule has 6 nitrogen and oxygen atoms in total. The SMILES string of the molecule is CC[C@@H](O)c1cc(C)c(-c2cc3cnc(NC)cc3c3ccnn23)cn1. The molecule has 6 heteroatoms. The summed E-state index contributed by atoms with van der Waals surface area (Å²) in [5, 5.41) is 19.8. The topological polar surface area (TPSA) is 75.3 Å². The summed E-state index contributed by atoms with van der Waals surface area (Å²) in [6.07, 6.45) is 5.60. The van der Waals surface area contributed by atoms with Crippen molar-refractivity contribution >= 4 is 22.1 Å². The number of nitrogens with zero attached hydrogens (tertiary/aromatic N) is 4. The molecule has 4 rings (SSSR count). The fourth-order valence-corrected chi connectivity index (χ4v) is 3.28. The summed E-state index contributed by atoms with van der Waals surface area (Å²) >= 11 is 0. The molecule has 4 aromatic rings. The number of pyridine rings is 3. The molecule has 26 heavy (non-hydrogen) atoms. The highest BCUT2D eigenvalue weighted by atomic mass is 16.3. The van der Waals surface area contributed by atoms with Gasteiger partial charge in [0, 0.05) is 35.8 Å². The van der Waals surface area contributed by atoms with Gasteiger partial charge in [-0.2, -0.15) is 5.10 Å². The van der Waals surface area contributed by atoms with Gasteiger partial charge < -0.3 is 10.4 Å². The van der Waals surface area contributed by atoms with Crippen LogP contribution in [-0.2, 0) is 0 Å². The zero-order chi connectivity index (χ0) is 18.3. The van der Waals surface area contributed by atoms with Gasteiger partial charge in [-0.15, -0.1) is 0 Å². The van der Waals surface area contributed by atoms with Crippen LogP contribution in [-0.4, -0.2) is 31.7 Å². The first-order chi connectivity index (χ1) is 12.6. The van der Waals surface area contributed by atoms with Crippen LogP contribution in [0.25, 0.3) is 27.5 Å². The quantitative estimate of drug-likeness (QED) is 0.588. The lowest BCUT2D eigenvalue weighted by Gasteiger charge is -2.14. The van der Waals surface area contributed by atoms with E-state index in [4.69, 9.17) is 0 Å². The highest BCUT2D eigenvalue weighted by molar-refractivity contribution is 5.99. The lowest BCUT2D eigenvalue weighted by molar-refractivity contribution is 0.169. The first kappa shape index (κ1) is 16.5. The fourth-order valence-electron chi connectivity index (χ4n) is 3.28. The Labute approximate surface area is 151 Å². The zero-order valence-corrected chi connectivity index (χ0v) is 15.1. The Morgan fingerprint density at radius 2 is 2.04 bits per heavy atom. The van der Waals surface area contributed by atoms with Crippen molar-refractivity contribution in [1.82, 2.24) is 19.6 Å². The van der Waals surface area contributed by atoms with Crippen molar-refractivity contribution in [2.75, 3.05) is 12.4 Å². The number of rotatable bonds is 4. The van der Waals surface area contributed by atoms with Crippen LogP contribution in [0.15, 0.2) is 42.9 Å². The molecule has 132 valence electrons. The molecule has 1 atom stereocenters. The second-order valence-electron chi connectivity index (χ2n) is 6.41. The normalized spacial score (nSPS) is 12.6. The van der Waals surface area contributed by atoms with E-state index in [1.165, 1.54) is 0 Å². The van der Waals surface area contributed by atoms with E-state index in [-0.39, 0.29) is 0 Å². The van der Waals surface area contributed by atoms with Gasteiger partial charge in [-0.05, 0) is 43.2 Å². The molecule has 0 fully saturated rings. The first-order valence-corrected chi connectivity index (χ1v) is 8.71. The maximum absolute atomic E-state index is 10.1. The fraction of sp³-hybridized carbons (Fsp3) is 0.250. The predicted octanol–water partition coefficient (Wildman–Crippen LogP) is 3.74. The highest BCUT2D eigenvalue weighted by Gasteiger charge is 2.14. The standard InChI is InChI=1S/C20H21N5O/c1-4-19(26)16-7-12(2)15(11-22-16)18-8-13-10-23-20(21-3)9-14(13)17-5-6-24-25(17)18/h5-11,19,26H,4H2,1-3H3,(H,21,23)/t19-/m1/s1. The van der Waals surface area contributed by atoms with Crippen molar-refractivity contribution in [2.45, 2.75) is 26.4 Å². The van der Waals surface area contributed by atoms with Gasteiger partial charge in [-0.25, -0.2) is 9.50 Å². The van der Waals surface area contributed by atoms with E-state index in [1.807, 2.05) is 56.0 Å². The van der Waals surface area contributed by atoms with Gasteiger partial charge in [0.15, 0.2) is 0 Å². The van der Waals surface area contributed by atoms with Crippen LogP contribution >= 0.6 is 0 Å². The maximum Gasteiger partial charge on any atom is 0.126 e. The maximum atomic E-state index is 10.1. The molecular weight excluding hydrogens is 326 g/mol. The van der Waals surface area contributed by atoms with Crippen LogP contribution < -0.4 is 5.32 Å². The number of nitrogens with one attached hydrogen (secondary N) is 1. The van der Waals surface area contributed by atoms with Crippen molar-refractivity contribution in [2.24, 2.45) is 0 Å². The molecule has 4 heterocycles. The lowest BCUT2D eigenvalue weighted by Crippen LogP contribution is -2.02. The molecule has 0 amide bonds. The van der Waals surface area contributed by atoms with E-state index in [2.05, 4.69) is 26.4 Å². The van der Waals surface area contributed by atoms with Crippen LogP contribution in [0.3, 0.4) is 0 Å². The largest absolute Gasteiger partial charge is 0.387 e. The summed E-state index contributed by atoms with van der Waals surface area (Å²) < 4.78 is 1.93. The molecule has 0 aliphatic heterocycles. The van der Waals surface area contributed by atoms with Gasteiger partial charge >= 0.3 is 0 Å². The minimum atomic E-state index is -0.534. The van der Waals surface area contributed by atoms with Crippen LogP contribution in [0.5, 0.6) is 0 Å². The minimum absolute atomic E-state index is 0.534. The van der Waals surface area contributed by atoms with Gasteiger partial charge in [0.2, 0.25) is 0 Å². The smallest absolute Gasteiger partial charge is 0.126 e. The molecule has 0 spiro atoms. The summed E-state index contributed by atoms with van der Waals surface area (Å²) in [4.78, 5) is 8.90. The molecule has 0 radical (unpaired) electrons. The summed E-state index contributed by atoms with van der Waals surface area (Å²) in [5.74, 6) is 0.823. The van der Waals surface area contributed by atoms with Gasteiger partial charge in [-0.3, -0.25) is 4.98 Å². The lowest BCUT2D eigenvalue weighted by atomic mass is 10.0. The second kappa shape index (κ2) is 6.38. The van der Waals surface area contributed by atoms with Crippen molar-refractivity contribution in [3.63, 3.8) is 0 Å². The van der Waals surface area contributed by atoms with Gasteiger partial charge in [0.05, 0.1) is 29.2 Å². The molecule has 2 N–H and O–H groups in total. The van der Waals surface area contributed by atoms with Crippen LogP contribution in [0.4, 0.5) is 5.82 Å². The average Bonchev–Trinajstić information content (AvgIpc) is 3.16. The third kappa shape index (κ3) is 2.59. The molecule has 0 unspecified atom stereocenters. The molecule has 0 saturated heterocycles. The zero-order valence-electron chi connectivity index (χ0n) is 15.1. The Morgan fingerprint density at radius 3 is 2.77 bits per heavy atom. The number of aliphatic hydroxyl groups excluding tert-OH is 1. The highest BCUT2D eigenvalue weighted by Crippen LogP contribution is 2.31. The van der Waals surface area contributed by atoms with E-state index >= 15 is 0 Å². The van der Waals surface area contributed by atoms with Gasteiger partial charge in [-0.1, -0.05) is 6.92 Å². The van der Waals surface area contributed by atoms with Crippen molar-refractivity contribution in [3.05, 3.63) is 54.1 Å². The third-order valence-electron chi connectivity index (χ3n) is 4.77.